The molecule has 1 fully saturated rings. The van der Waals surface area contributed by atoms with Crippen molar-refractivity contribution in [2.24, 2.45) is 5.92 Å². The van der Waals surface area contributed by atoms with Gasteiger partial charge in [-0.3, -0.25) is 9.59 Å². The van der Waals surface area contributed by atoms with Gasteiger partial charge in [-0.15, -0.1) is 0 Å². The van der Waals surface area contributed by atoms with Gasteiger partial charge in [0.1, 0.15) is 0 Å². The Bertz CT molecular complexity index is 551. The quantitative estimate of drug-likeness (QED) is 0.634. The number of carbonyl (C=O) groups excluding carboxylic acids is 2. The predicted octanol–water partition coefficient (Wildman–Crippen LogP) is 2.89. The number of likely N-dealkylation sites (tertiary alicyclic amines) is 1. The van der Waals surface area contributed by atoms with Crippen LogP contribution in [0.5, 0.6) is 0 Å². The van der Waals surface area contributed by atoms with Crippen LogP contribution in [-0.2, 0) is 14.3 Å². The number of benzene rings is 1. The highest BCUT2D eigenvalue weighted by Gasteiger charge is 2.29. The Balaban J connectivity index is 2.02. The second-order valence-electron chi connectivity index (χ2n) is 5.58. The zero-order chi connectivity index (χ0) is 15.9. The Morgan fingerprint density at radius 2 is 2.05 bits per heavy atom. The van der Waals surface area contributed by atoms with Gasteiger partial charge in [-0.05, 0) is 38.3 Å². The van der Waals surface area contributed by atoms with Crippen molar-refractivity contribution in [2.45, 2.75) is 26.7 Å². The van der Waals surface area contributed by atoms with Gasteiger partial charge in [0.25, 0.3) is 0 Å². The number of rotatable bonds is 4. The van der Waals surface area contributed by atoms with Crippen LogP contribution in [0.25, 0.3) is 6.08 Å². The minimum atomic E-state index is -0.192. The largest absolute Gasteiger partial charge is 0.466 e. The molecule has 1 atom stereocenters. The van der Waals surface area contributed by atoms with Crippen molar-refractivity contribution in [1.82, 2.24) is 4.90 Å². The van der Waals surface area contributed by atoms with Gasteiger partial charge in [0.2, 0.25) is 5.91 Å². The zero-order valence-corrected chi connectivity index (χ0v) is 13.2. The molecule has 0 bridgehead atoms. The third-order valence-electron chi connectivity index (χ3n) is 3.85. The van der Waals surface area contributed by atoms with Crippen LogP contribution in [0.1, 0.15) is 32.3 Å². The average molecular weight is 301 g/mol. The number of hydrogen-bond donors (Lipinski definition) is 0. The number of amides is 1. The maximum Gasteiger partial charge on any atom is 0.310 e. The first kappa shape index (κ1) is 16.3. The summed E-state index contributed by atoms with van der Waals surface area (Å²) < 4.78 is 5.07. The molecule has 4 nitrogen and oxygen atoms in total. The van der Waals surface area contributed by atoms with Crippen LogP contribution in [0.2, 0.25) is 0 Å². The summed E-state index contributed by atoms with van der Waals surface area (Å²) in [4.78, 5) is 26.2. The van der Waals surface area contributed by atoms with Gasteiger partial charge >= 0.3 is 5.97 Å². The summed E-state index contributed by atoms with van der Waals surface area (Å²) in [7, 11) is 0. The molecule has 118 valence electrons. The van der Waals surface area contributed by atoms with E-state index in [9.17, 15) is 9.59 Å². The third kappa shape index (κ3) is 4.20. The smallest absolute Gasteiger partial charge is 0.310 e. The van der Waals surface area contributed by atoms with Crippen LogP contribution >= 0.6 is 0 Å². The maximum atomic E-state index is 12.5. The van der Waals surface area contributed by atoms with Crippen LogP contribution in [0.3, 0.4) is 0 Å². The molecular formula is C18H23NO3. The first-order valence-electron chi connectivity index (χ1n) is 7.81. The number of esters is 1. The fraction of sp³-hybridized carbons (Fsp3) is 0.444. The van der Waals surface area contributed by atoms with E-state index in [1.165, 1.54) is 0 Å². The Morgan fingerprint density at radius 1 is 1.32 bits per heavy atom. The van der Waals surface area contributed by atoms with Crippen molar-refractivity contribution in [2.75, 3.05) is 19.7 Å². The van der Waals surface area contributed by atoms with E-state index in [-0.39, 0.29) is 17.8 Å². The summed E-state index contributed by atoms with van der Waals surface area (Å²) in [5.74, 6) is -0.385. The molecule has 1 aromatic rings. The Hall–Kier alpha value is -2.10. The fourth-order valence-electron chi connectivity index (χ4n) is 2.72. The lowest BCUT2D eigenvalue weighted by Crippen LogP contribution is -2.43. The van der Waals surface area contributed by atoms with Crippen molar-refractivity contribution in [1.29, 1.82) is 0 Å². The molecule has 1 aliphatic rings. The lowest BCUT2D eigenvalue weighted by molar-refractivity contribution is -0.150. The summed E-state index contributed by atoms with van der Waals surface area (Å²) in [6, 6.07) is 9.77. The van der Waals surface area contributed by atoms with Gasteiger partial charge in [0.15, 0.2) is 0 Å². The zero-order valence-electron chi connectivity index (χ0n) is 13.2. The van der Waals surface area contributed by atoms with Crippen molar-refractivity contribution < 1.29 is 14.3 Å². The van der Waals surface area contributed by atoms with Gasteiger partial charge in [0, 0.05) is 18.7 Å². The lowest BCUT2D eigenvalue weighted by Gasteiger charge is -2.31. The molecule has 0 aromatic heterocycles. The van der Waals surface area contributed by atoms with E-state index >= 15 is 0 Å². The SMILES string of the molecule is CCOC(=O)C1CCCN(C(=O)/C(C)=C/c2ccccc2)C1. The number of hydrogen-bond acceptors (Lipinski definition) is 3. The molecular weight excluding hydrogens is 278 g/mol. The third-order valence-corrected chi connectivity index (χ3v) is 3.85. The van der Waals surface area contributed by atoms with Gasteiger partial charge in [0.05, 0.1) is 12.5 Å². The molecule has 1 aliphatic heterocycles. The van der Waals surface area contributed by atoms with Gasteiger partial charge < -0.3 is 9.64 Å². The highest BCUT2D eigenvalue weighted by Crippen LogP contribution is 2.20. The van der Waals surface area contributed by atoms with Crippen LogP contribution in [0.4, 0.5) is 0 Å². The lowest BCUT2D eigenvalue weighted by atomic mass is 9.97. The second-order valence-corrected chi connectivity index (χ2v) is 5.58. The minimum Gasteiger partial charge on any atom is -0.466 e. The Morgan fingerprint density at radius 3 is 2.73 bits per heavy atom. The average Bonchev–Trinajstić information content (AvgIpc) is 2.55. The molecule has 0 N–H and O–H groups in total. The summed E-state index contributed by atoms with van der Waals surface area (Å²) in [5.41, 5.74) is 1.70. The summed E-state index contributed by atoms with van der Waals surface area (Å²) in [6.07, 6.45) is 3.52. The molecule has 4 heteroatoms. The molecule has 1 heterocycles. The van der Waals surface area contributed by atoms with Gasteiger partial charge in [-0.25, -0.2) is 0 Å². The number of ether oxygens (including phenoxy) is 1. The van der Waals surface area contributed by atoms with E-state index in [4.69, 9.17) is 4.74 Å². The summed E-state index contributed by atoms with van der Waals surface area (Å²) in [5, 5.41) is 0. The van der Waals surface area contributed by atoms with Gasteiger partial charge in [-0.1, -0.05) is 30.3 Å². The van der Waals surface area contributed by atoms with Crippen LogP contribution in [0.15, 0.2) is 35.9 Å². The second kappa shape index (κ2) is 7.78. The molecule has 1 amide bonds. The van der Waals surface area contributed by atoms with Crippen molar-refractivity contribution in [3.63, 3.8) is 0 Å². The summed E-state index contributed by atoms with van der Waals surface area (Å²) in [6.45, 7) is 5.17. The Labute approximate surface area is 131 Å². The summed E-state index contributed by atoms with van der Waals surface area (Å²) >= 11 is 0. The first-order valence-corrected chi connectivity index (χ1v) is 7.81. The van der Waals surface area contributed by atoms with E-state index in [1.807, 2.05) is 43.3 Å². The molecule has 1 aromatic carbocycles. The highest BCUT2D eigenvalue weighted by molar-refractivity contribution is 5.97. The number of nitrogens with zero attached hydrogens (tertiary/aromatic N) is 1. The van der Waals surface area contributed by atoms with E-state index in [1.54, 1.807) is 11.8 Å². The Kier molecular flexibility index (Phi) is 5.75. The predicted molar refractivity (Wildman–Crippen MR) is 86.0 cm³/mol. The molecule has 2 rings (SSSR count). The standard InChI is InChI=1S/C18H23NO3/c1-3-22-18(21)16-10-7-11-19(13-16)17(20)14(2)12-15-8-5-4-6-9-15/h4-6,8-9,12,16H,3,7,10-11,13H2,1-2H3/b14-12+. The van der Waals surface area contributed by atoms with Crippen molar-refractivity contribution >= 4 is 18.0 Å². The topological polar surface area (TPSA) is 46.6 Å². The van der Waals surface area contributed by atoms with E-state index < -0.39 is 0 Å². The van der Waals surface area contributed by atoms with Gasteiger partial charge in [-0.2, -0.15) is 0 Å². The number of carbonyl (C=O) groups is 2. The molecule has 1 unspecified atom stereocenters. The van der Waals surface area contributed by atoms with E-state index in [0.717, 1.165) is 18.4 Å². The molecule has 0 aliphatic carbocycles. The molecule has 0 radical (unpaired) electrons. The molecule has 22 heavy (non-hydrogen) atoms. The molecule has 1 saturated heterocycles. The minimum absolute atomic E-state index is 0.00199. The number of piperidine rings is 1. The monoisotopic (exact) mass is 301 g/mol. The van der Waals surface area contributed by atoms with E-state index in [2.05, 4.69) is 0 Å². The highest BCUT2D eigenvalue weighted by atomic mass is 16.5. The van der Waals surface area contributed by atoms with E-state index in [0.29, 0.717) is 25.3 Å². The maximum absolute atomic E-state index is 12.5. The van der Waals surface area contributed by atoms with Crippen molar-refractivity contribution in [3.8, 4) is 0 Å². The molecule has 0 spiro atoms. The fourth-order valence-corrected chi connectivity index (χ4v) is 2.72. The van der Waals surface area contributed by atoms with Crippen LogP contribution < -0.4 is 0 Å². The molecule has 0 saturated carbocycles. The normalized spacial score (nSPS) is 18.9. The van der Waals surface area contributed by atoms with Crippen LogP contribution in [0, 0.1) is 5.92 Å². The van der Waals surface area contributed by atoms with Crippen LogP contribution in [-0.4, -0.2) is 36.5 Å². The van der Waals surface area contributed by atoms with Crippen molar-refractivity contribution in [3.05, 3.63) is 41.5 Å². The first-order chi connectivity index (χ1) is 10.6.